The van der Waals surface area contributed by atoms with Crippen LogP contribution in [0.3, 0.4) is 0 Å². The van der Waals surface area contributed by atoms with Gasteiger partial charge in [-0.3, -0.25) is 0 Å². The van der Waals surface area contributed by atoms with Gasteiger partial charge < -0.3 is 10.1 Å². The van der Waals surface area contributed by atoms with E-state index in [0.29, 0.717) is 5.56 Å². The predicted molar refractivity (Wildman–Crippen MR) is 75.4 cm³/mol. The molecule has 0 bridgehead atoms. The van der Waals surface area contributed by atoms with Crippen molar-refractivity contribution in [3.8, 4) is 11.1 Å². The molecule has 0 amide bonds. The van der Waals surface area contributed by atoms with E-state index in [1.54, 1.807) is 12.1 Å². The van der Waals surface area contributed by atoms with E-state index < -0.39 is 5.97 Å². The molecule has 0 saturated carbocycles. The van der Waals surface area contributed by atoms with Crippen LogP contribution in [0.2, 0.25) is 0 Å². The van der Waals surface area contributed by atoms with Crippen LogP contribution in [0.25, 0.3) is 22.0 Å². The van der Waals surface area contributed by atoms with Crippen molar-refractivity contribution in [2.24, 2.45) is 0 Å². The van der Waals surface area contributed by atoms with Gasteiger partial charge in [0.2, 0.25) is 0 Å². The molecule has 0 atom stereocenters. The summed E-state index contributed by atoms with van der Waals surface area (Å²) in [5.41, 5.74) is 4.19. The maximum absolute atomic E-state index is 11.2. The Bertz CT molecular complexity index is 771. The molecular formula is C16H13NO2. The number of hydrogen-bond acceptors (Lipinski definition) is 1. The number of fused-ring (bicyclic) bond motifs is 1. The van der Waals surface area contributed by atoms with E-state index >= 15 is 0 Å². The molecule has 0 radical (unpaired) electrons. The molecule has 0 aliphatic heterocycles. The van der Waals surface area contributed by atoms with Crippen molar-refractivity contribution in [1.29, 1.82) is 0 Å². The molecule has 1 aromatic heterocycles. The molecule has 3 nitrogen and oxygen atoms in total. The lowest BCUT2D eigenvalue weighted by molar-refractivity contribution is 0.0696. The number of carboxylic acid groups (broad SMARTS) is 1. The molecule has 19 heavy (non-hydrogen) atoms. The summed E-state index contributed by atoms with van der Waals surface area (Å²) in [5, 5.41) is 10.3. The van der Waals surface area contributed by atoms with Crippen molar-refractivity contribution in [3.63, 3.8) is 0 Å². The van der Waals surface area contributed by atoms with Gasteiger partial charge in [-0.15, -0.1) is 0 Å². The molecule has 0 unspecified atom stereocenters. The van der Waals surface area contributed by atoms with Crippen LogP contribution in [-0.2, 0) is 0 Å². The number of rotatable bonds is 2. The molecule has 3 rings (SSSR count). The van der Waals surface area contributed by atoms with Gasteiger partial charge in [0.1, 0.15) is 0 Å². The average Bonchev–Trinajstić information content (AvgIpc) is 2.82. The Kier molecular flexibility index (Phi) is 2.60. The fraction of sp³-hybridized carbons (Fsp3) is 0.0625. The Balaban J connectivity index is 2.28. The molecule has 94 valence electrons. The number of H-pyrrole nitrogens is 1. The lowest BCUT2D eigenvalue weighted by Gasteiger charge is -2.07. The monoisotopic (exact) mass is 251 g/mol. The summed E-state index contributed by atoms with van der Waals surface area (Å²) >= 11 is 0. The topological polar surface area (TPSA) is 53.1 Å². The third-order valence-corrected chi connectivity index (χ3v) is 3.44. The molecule has 0 saturated heterocycles. The highest BCUT2D eigenvalue weighted by Gasteiger charge is 2.13. The number of hydrogen-bond donors (Lipinski definition) is 2. The van der Waals surface area contributed by atoms with Gasteiger partial charge in [0.25, 0.3) is 0 Å². The molecule has 3 aromatic rings. The van der Waals surface area contributed by atoms with Crippen molar-refractivity contribution in [1.82, 2.24) is 4.98 Å². The largest absolute Gasteiger partial charge is 0.478 e. The van der Waals surface area contributed by atoms with Crippen LogP contribution in [0.15, 0.2) is 48.7 Å². The highest BCUT2D eigenvalue weighted by Crippen LogP contribution is 2.31. The summed E-state index contributed by atoms with van der Waals surface area (Å²) < 4.78 is 0. The molecule has 2 aromatic carbocycles. The Hall–Kier alpha value is -2.55. The maximum Gasteiger partial charge on any atom is 0.335 e. The number of aromatic carboxylic acids is 1. The van der Waals surface area contributed by atoms with Gasteiger partial charge in [0.15, 0.2) is 0 Å². The van der Waals surface area contributed by atoms with Crippen molar-refractivity contribution in [3.05, 3.63) is 59.8 Å². The summed E-state index contributed by atoms with van der Waals surface area (Å²) in [4.78, 5) is 14.4. The highest BCUT2D eigenvalue weighted by molar-refractivity contribution is 5.99. The van der Waals surface area contributed by atoms with Crippen LogP contribution >= 0.6 is 0 Å². The quantitative estimate of drug-likeness (QED) is 0.727. The second-order valence-corrected chi connectivity index (χ2v) is 4.53. The average molecular weight is 251 g/mol. The van der Waals surface area contributed by atoms with Gasteiger partial charge in [0, 0.05) is 22.7 Å². The third-order valence-electron chi connectivity index (χ3n) is 3.44. The SMILES string of the molecule is Cc1c(C(=O)O)cccc1-c1c[nH]c2ccccc12. The van der Waals surface area contributed by atoms with E-state index in [-0.39, 0.29) is 0 Å². The lowest BCUT2D eigenvalue weighted by atomic mass is 9.96. The minimum atomic E-state index is -0.890. The van der Waals surface area contributed by atoms with Crippen LogP contribution in [0.4, 0.5) is 0 Å². The molecule has 0 spiro atoms. The molecule has 1 heterocycles. The van der Waals surface area contributed by atoms with Crippen LogP contribution in [-0.4, -0.2) is 16.1 Å². The molecule has 0 fully saturated rings. The van der Waals surface area contributed by atoms with Crippen LogP contribution in [0.1, 0.15) is 15.9 Å². The molecular weight excluding hydrogens is 238 g/mol. The fourth-order valence-electron chi connectivity index (χ4n) is 2.45. The maximum atomic E-state index is 11.2. The smallest absolute Gasteiger partial charge is 0.335 e. The van der Waals surface area contributed by atoms with Crippen LogP contribution in [0.5, 0.6) is 0 Å². The summed E-state index contributed by atoms with van der Waals surface area (Å²) in [6.07, 6.45) is 1.93. The first-order valence-corrected chi connectivity index (χ1v) is 6.08. The van der Waals surface area contributed by atoms with E-state index in [1.807, 2.05) is 43.5 Å². The van der Waals surface area contributed by atoms with Crippen molar-refractivity contribution < 1.29 is 9.90 Å². The summed E-state index contributed by atoms with van der Waals surface area (Å²) in [7, 11) is 0. The number of benzene rings is 2. The summed E-state index contributed by atoms with van der Waals surface area (Å²) in [6.45, 7) is 1.85. The second kappa shape index (κ2) is 4.28. The zero-order chi connectivity index (χ0) is 13.4. The van der Waals surface area contributed by atoms with Crippen LogP contribution in [0, 0.1) is 6.92 Å². The molecule has 0 aliphatic carbocycles. The van der Waals surface area contributed by atoms with Crippen molar-refractivity contribution in [2.45, 2.75) is 6.92 Å². The Morgan fingerprint density at radius 3 is 2.63 bits per heavy atom. The van der Waals surface area contributed by atoms with Crippen molar-refractivity contribution in [2.75, 3.05) is 0 Å². The van der Waals surface area contributed by atoms with E-state index in [1.165, 1.54) is 0 Å². The van der Waals surface area contributed by atoms with Gasteiger partial charge in [-0.2, -0.15) is 0 Å². The van der Waals surface area contributed by atoms with Crippen molar-refractivity contribution >= 4 is 16.9 Å². The van der Waals surface area contributed by atoms with E-state index in [9.17, 15) is 9.90 Å². The molecule has 3 heteroatoms. The lowest BCUT2D eigenvalue weighted by Crippen LogP contribution is -2.00. The molecule has 2 N–H and O–H groups in total. The van der Waals surface area contributed by atoms with E-state index in [2.05, 4.69) is 4.98 Å². The number of para-hydroxylation sites is 1. The Morgan fingerprint density at radius 1 is 1.05 bits per heavy atom. The Morgan fingerprint density at radius 2 is 1.84 bits per heavy atom. The number of aromatic nitrogens is 1. The third kappa shape index (κ3) is 1.80. The summed E-state index contributed by atoms with van der Waals surface area (Å²) in [5.74, 6) is -0.890. The first-order valence-electron chi connectivity index (χ1n) is 6.08. The zero-order valence-corrected chi connectivity index (χ0v) is 10.5. The van der Waals surface area contributed by atoms with Gasteiger partial charge in [-0.1, -0.05) is 30.3 Å². The first kappa shape index (κ1) is 11.5. The minimum absolute atomic E-state index is 0.350. The fourth-order valence-corrected chi connectivity index (χ4v) is 2.45. The minimum Gasteiger partial charge on any atom is -0.478 e. The second-order valence-electron chi connectivity index (χ2n) is 4.53. The zero-order valence-electron chi connectivity index (χ0n) is 10.5. The number of aromatic amines is 1. The highest BCUT2D eigenvalue weighted by atomic mass is 16.4. The first-order chi connectivity index (χ1) is 9.18. The normalized spacial score (nSPS) is 10.8. The van der Waals surface area contributed by atoms with Gasteiger partial charge in [-0.25, -0.2) is 4.79 Å². The summed E-state index contributed by atoms with van der Waals surface area (Å²) in [6, 6.07) is 13.4. The van der Waals surface area contributed by atoms with Gasteiger partial charge >= 0.3 is 5.97 Å². The number of carboxylic acids is 1. The standard InChI is InChI=1S/C16H13NO2/c1-10-11(6-4-7-12(10)16(18)19)14-9-17-15-8-3-2-5-13(14)15/h2-9,17H,1H3,(H,18,19). The van der Waals surface area contributed by atoms with E-state index in [0.717, 1.165) is 27.6 Å². The predicted octanol–water partition coefficient (Wildman–Crippen LogP) is 3.84. The number of nitrogens with one attached hydrogen (secondary N) is 1. The van der Waals surface area contributed by atoms with Crippen LogP contribution < -0.4 is 0 Å². The number of carbonyl (C=O) groups is 1. The Labute approximate surface area is 110 Å². The van der Waals surface area contributed by atoms with Gasteiger partial charge in [0.05, 0.1) is 5.56 Å². The molecule has 0 aliphatic rings. The van der Waals surface area contributed by atoms with Gasteiger partial charge in [-0.05, 0) is 30.2 Å². The van der Waals surface area contributed by atoms with E-state index in [4.69, 9.17) is 0 Å².